The van der Waals surface area contributed by atoms with Crippen molar-refractivity contribution in [3.05, 3.63) is 48.0 Å². The van der Waals surface area contributed by atoms with Crippen LogP contribution in [0.15, 0.2) is 47.6 Å². The summed E-state index contributed by atoms with van der Waals surface area (Å²) in [5, 5.41) is 10.7. The van der Waals surface area contributed by atoms with Crippen LogP contribution in [0.2, 0.25) is 0 Å². The number of carboxylic acids is 1. The molecule has 0 saturated carbocycles. The van der Waals surface area contributed by atoms with Crippen LogP contribution in [0.4, 0.5) is 0 Å². The maximum Gasteiger partial charge on any atom is 0.313 e. The smallest absolute Gasteiger partial charge is 0.313 e. The molecule has 2 aromatic carbocycles. The van der Waals surface area contributed by atoms with Gasteiger partial charge in [0, 0.05) is 9.58 Å². The lowest BCUT2D eigenvalue weighted by atomic mass is 10.1. The number of fused-ring (bicyclic) bond motifs is 2. The topological polar surface area (TPSA) is 66.0 Å². The van der Waals surface area contributed by atoms with Gasteiger partial charge in [0.15, 0.2) is 5.16 Å². The van der Waals surface area contributed by atoms with E-state index in [1.807, 2.05) is 0 Å². The second-order valence-corrected chi connectivity index (χ2v) is 7.60. The Morgan fingerprint density at radius 3 is 2.92 bits per heavy atom. The normalized spacial score (nSPS) is 11.4. The number of carbonyl (C=O) groups is 1. The van der Waals surface area contributed by atoms with Crippen molar-refractivity contribution in [1.82, 2.24) is 9.97 Å². The molecule has 0 aliphatic carbocycles. The molecule has 0 atom stereocenters. The summed E-state index contributed by atoms with van der Waals surface area (Å²) in [4.78, 5) is 19.6. The first-order chi connectivity index (χ1) is 11.6. The molecule has 2 N–H and O–H groups in total. The third-order valence-electron chi connectivity index (χ3n) is 3.83. The van der Waals surface area contributed by atoms with Gasteiger partial charge in [0.05, 0.1) is 16.8 Å². The van der Waals surface area contributed by atoms with Crippen LogP contribution in [0.1, 0.15) is 5.56 Å². The third-order valence-corrected chi connectivity index (χ3v) is 5.84. The van der Waals surface area contributed by atoms with E-state index in [4.69, 9.17) is 5.11 Å². The predicted octanol–water partition coefficient (Wildman–Crippen LogP) is 4.93. The first-order valence-electron chi connectivity index (χ1n) is 7.44. The van der Waals surface area contributed by atoms with E-state index in [9.17, 15) is 4.79 Å². The number of carboxylic acid groups (broad SMARTS) is 1. The summed E-state index contributed by atoms with van der Waals surface area (Å²) in [5.41, 5.74) is 4.14. The summed E-state index contributed by atoms with van der Waals surface area (Å²) in [7, 11) is 0. The molecule has 0 aliphatic heterocycles. The Morgan fingerprint density at radius 2 is 2.12 bits per heavy atom. The standard InChI is InChI=1S/C18H14N2O2S2/c1-10-6-13-14(20-18(19-13)23-9-17(21)22)8-12(10)16-7-11-4-2-3-5-15(11)24-16/h2-8H,9H2,1H3,(H,19,20)(H,21,22). The SMILES string of the molecule is Cc1cc2[nH]c(SCC(=O)O)nc2cc1-c1cc2ccccc2s1. The number of H-pyrrole nitrogens is 1. The lowest BCUT2D eigenvalue weighted by molar-refractivity contribution is -0.133. The molecular weight excluding hydrogens is 340 g/mol. The van der Waals surface area contributed by atoms with Crippen molar-refractivity contribution in [2.75, 3.05) is 5.75 Å². The van der Waals surface area contributed by atoms with Gasteiger partial charge in [0.25, 0.3) is 0 Å². The summed E-state index contributed by atoms with van der Waals surface area (Å²) in [5.74, 6) is -0.843. The number of aromatic amines is 1. The van der Waals surface area contributed by atoms with Gasteiger partial charge in [-0.05, 0) is 47.7 Å². The molecule has 0 saturated heterocycles. The van der Waals surface area contributed by atoms with Crippen molar-refractivity contribution in [2.24, 2.45) is 0 Å². The lowest BCUT2D eigenvalue weighted by Gasteiger charge is -2.02. The highest BCUT2D eigenvalue weighted by Gasteiger charge is 2.11. The molecule has 2 aromatic heterocycles. The van der Waals surface area contributed by atoms with Crippen molar-refractivity contribution in [3.8, 4) is 10.4 Å². The molecule has 0 unspecified atom stereocenters. The highest BCUT2D eigenvalue weighted by Crippen LogP contribution is 2.36. The number of thiophene rings is 1. The fourth-order valence-corrected chi connectivity index (χ4v) is 4.47. The van der Waals surface area contributed by atoms with Crippen LogP contribution in [0, 0.1) is 6.92 Å². The monoisotopic (exact) mass is 354 g/mol. The summed E-state index contributed by atoms with van der Waals surface area (Å²) in [6, 6.07) is 14.7. The maximum absolute atomic E-state index is 10.7. The van der Waals surface area contributed by atoms with Crippen molar-refractivity contribution < 1.29 is 9.90 Å². The van der Waals surface area contributed by atoms with Gasteiger partial charge >= 0.3 is 5.97 Å². The number of rotatable bonds is 4. The molecule has 120 valence electrons. The zero-order chi connectivity index (χ0) is 16.7. The molecule has 0 radical (unpaired) electrons. The fourth-order valence-electron chi connectivity index (χ4n) is 2.72. The van der Waals surface area contributed by atoms with Crippen LogP contribution in [-0.4, -0.2) is 26.8 Å². The molecule has 0 aliphatic rings. The number of imidazole rings is 1. The van der Waals surface area contributed by atoms with Crippen LogP contribution in [0.3, 0.4) is 0 Å². The third kappa shape index (κ3) is 2.79. The quantitative estimate of drug-likeness (QED) is 0.510. The van der Waals surface area contributed by atoms with Crippen molar-refractivity contribution in [3.63, 3.8) is 0 Å². The van der Waals surface area contributed by atoms with Crippen molar-refractivity contribution >= 4 is 50.2 Å². The molecule has 0 fully saturated rings. The van der Waals surface area contributed by atoms with Gasteiger partial charge in [0.1, 0.15) is 0 Å². The van der Waals surface area contributed by atoms with Crippen LogP contribution in [-0.2, 0) is 4.79 Å². The molecule has 0 amide bonds. The number of nitrogens with zero attached hydrogens (tertiary/aromatic N) is 1. The Bertz CT molecular complexity index is 1030. The second kappa shape index (κ2) is 5.96. The van der Waals surface area contributed by atoms with Crippen LogP contribution < -0.4 is 0 Å². The Morgan fingerprint density at radius 1 is 1.29 bits per heavy atom. The number of aliphatic carboxylic acids is 1. The van der Waals surface area contributed by atoms with Gasteiger partial charge < -0.3 is 10.1 Å². The molecule has 4 nitrogen and oxygen atoms in total. The van der Waals surface area contributed by atoms with E-state index in [0.717, 1.165) is 11.0 Å². The Kier molecular flexibility index (Phi) is 3.78. The van der Waals surface area contributed by atoms with E-state index in [2.05, 4.69) is 59.4 Å². The highest BCUT2D eigenvalue weighted by molar-refractivity contribution is 7.99. The highest BCUT2D eigenvalue weighted by atomic mass is 32.2. The fraction of sp³-hybridized carbons (Fsp3) is 0.111. The number of aromatic nitrogens is 2. The number of thioether (sulfide) groups is 1. The van der Waals surface area contributed by atoms with E-state index < -0.39 is 5.97 Å². The van der Waals surface area contributed by atoms with Gasteiger partial charge in [-0.3, -0.25) is 4.79 Å². The average molecular weight is 354 g/mol. The van der Waals surface area contributed by atoms with Crippen molar-refractivity contribution in [2.45, 2.75) is 12.1 Å². The van der Waals surface area contributed by atoms with E-state index in [1.165, 1.54) is 37.9 Å². The van der Waals surface area contributed by atoms with Crippen molar-refractivity contribution in [1.29, 1.82) is 0 Å². The second-order valence-electron chi connectivity index (χ2n) is 5.56. The Hall–Kier alpha value is -2.31. The first-order valence-corrected chi connectivity index (χ1v) is 9.24. The van der Waals surface area contributed by atoms with E-state index in [0.29, 0.717) is 5.16 Å². The molecular formula is C18H14N2O2S2. The predicted molar refractivity (Wildman–Crippen MR) is 100 cm³/mol. The van der Waals surface area contributed by atoms with Crippen LogP contribution >= 0.6 is 23.1 Å². The van der Waals surface area contributed by atoms with E-state index in [1.54, 1.807) is 11.3 Å². The molecule has 4 rings (SSSR count). The lowest BCUT2D eigenvalue weighted by Crippen LogP contribution is -1.97. The molecule has 24 heavy (non-hydrogen) atoms. The number of benzene rings is 2. The largest absolute Gasteiger partial charge is 0.481 e. The molecule has 0 bridgehead atoms. The van der Waals surface area contributed by atoms with Crippen LogP contribution in [0.25, 0.3) is 31.6 Å². The zero-order valence-corrected chi connectivity index (χ0v) is 14.5. The molecule has 0 spiro atoms. The minimum Gasteiger partial charge on any atom is -0.481 e. The number of aryl methyl sites for hydroxylation is 1. The molecule has 6 heteroatoms. The average Bonchev–Trinajstić information content (AvgIpc) is 3.14. The first kappa shape index (κ1) is 15.2. The maximum atomic E-state index is 10.7. The van der Waals surface area contributed by atoms with E-state index in [-0.39, 0.29) is 5.75 Å². The number of hydrogen-bond acceptors (Lipinski definition) is 4. The Labute approximate surface area is 146 Å². The van der Waals surface area contributed by atoms with Gasteiger partial charge in [-0.15, -0.1) is 11.3 Å². The van der Waals surface area contributed by atoms with Gasteiger partial charge in [-0.2, -0.15) is 0 Å². The van der Waals surface area contributed by atoms with Crippen LogP contribution in [0.5, 0.6) is 0 Å². The summed E-state index contributed by atoms with van der Waals surface area (Å²) in [6.45, 7) is 2.09. The zero-order valence-electron chi connectivity index (χ0n) is 12.9. The van der Waals surface area contributed by atoms with Gasteiger partial charge in [0.2, 0.25) is 0 Å². The summed E-state index contributed by atoms with van der Waals surface area (Å²) >= 11 is 2.98. The summed E-state index contributed by atoms with van der Waals surface area (Å²) in [6.07, 6.45) is 0. The van der Waals surface area contributed by atoms with E-state index >= 15 is 0 Å². The van der Waals surface area contributed by atoms with Gasteiger partial charge in [-0.1, -0.05) is 30.0 Å². The molecule has 4 aromatic rings. The molecule has 2 heterocycles. The van der Waals surface area contributed by atoms with Gasteiger partial charge in [-0.25, -0.2) is 4.98 Å². The number of nitrogens with one attached hydrogen (secondary N) is 1. The minimum atomic E-state index is -0.845. The minimum absolute atomic E-state index is 0.00196. The number of hydrogen-bond donors (Lipinski definition) is 2. The summed E-state index contributed by atoms with van der Waals surface area (Å²) < 4.78 is 1.27. The Balaban J connectivity index is 1.77.